The molecule has 0 radical (unpaired) electrons. The molecule has 0 aliphatic rings. The van der Waals surface area contributed by atoms with Crippen molar-refractivity contribution in [2.75, 3.05) is 6.54 Å². The van der Waals surface area contributed by atoms with E-state index in [0.29, 0.717) is 18.5 Å². The fourth-order valence-corrected chi connectivity index (χ4v) is 2.44. The number of hydrogen-bond acceptors (Lipinski definition) is 4. The Morgan fingerprint density at radius 3 is 2.46 bits per heavy atom. The molecule has 0 unspecified atom stereocenters. The van der Waals surface area contributed by atoms with Crippen LogP contribution < -0.4 is 5.32 Å². The predicted octanol–water partition coefficient (Wildman–Crippen LogP) is 3.31. The summed E-state index contributed by atoms with van der Waals surface area (Å²) >= 11 is 0. The Morgan fingerprint density at radius 1 is 0.962 bits per heavy atom. The second-order valence-electron chi connectivity index (χ2n) is 5.67. The van der Waals surface area contributed by atoms with Crippen LogP contribution in [0.5, 0.6) is 0 Å². The van der Waals surface area contributed by atoms with Gasteiger partial charge in [-0.25, -0.2) is 8.78 Å². The molecule has 1 N–H and O–H groups in total. The Balaban J connectivity index is 1.46. The topological polar surface area (TPSA) is 68.0 Å². The van der Waals surface area contributed by atoms with Gasteiger partial charge in [0.05, 0.1) is 5.56 Å². The summed E-state index contributed by atoms with van der Waals surface area (Å²) in [5.74, 6) is -0.598. The number of carbonyl (C=O) groups is 1. The maximum atomic E-state index is 13.7. The molecule has 0 fully saturated rings. The SMILES string of the molecule is O=C(CCc1nnc(-c2ccccc2F)o1)NCCc1ccccc1F. The van der Waals surface area contributed by atoms with Crippen molar-refractivity contribution < 1.29 is 18.0 Å². The summed E-state index contributed by atoms with van der Waals surface area (Å²) in [6, 6.07) is 12.5. The minimum atomic E-state index is -0.450. The zero-order valence-corrected chi connectivity index (χ0v) is 13.9. The van der Waals surface area contributed by atoms with Gasteiger partial charge in [-0.05, 0) is 30.2 Å². The number of nitrogens with zero attached hydrogens (tertiary/aromatic N) is 2. The number of benzene rings is 2. The van der Waals surface area contributed by atoms with E-state index in [1.165, 1.54) is 12.1 Å². The van der Waals surface area contributed by atoms with Crippen molar-refractivity contribution >= 4 is 5.91 Å². The van der Waals surface area contributed by atoms with Gasteiger partial charge in [-0.1, -0.05) is 30.3 Å². The van der Waals surface area contributed by atoms with E-state index in [-0.39, 0.29) is 41.9 Å². The van der Waals surface area contributed by atoms with E-state index < -0.39 is 5.82 Å². The Bertz CT molecular complexity index is 896. The number of halogens is 2. The van der Waals surface area contributed by atoms with E-state index in [4.69, 9.17) is 4.42 Å². The first-order chi connectivity index (χ1) is 12.6. The molecule has 1 aromatic heterocycles. The first-order valence-electron chi connectivity index (χ1n) is 8.21. The van der Waals surface area contributed by atoms with Crippen molar-refractivity contribution in [1.29, 1.82) is 0 Å². The van der Waals surface area contributed by atoms with Gasteiger partial charge in [-0.3, -0.25) is 4.79 Å². The molecule has 0 saturated carbocycles. The zero-order chi connectivity index (χ0) is 18.4. The average Bonchev–Trinajstić information content (AvgIpc) is 3.11. The summed E-state index contributed by atoms with van der Waals surface area (Å²) in [6.07, 6.45) is 0.805. The van der Waals surface area contributed by atoms with Gasteiger partial charge < -0.3 is 9.73 Å². The van der Waals surface area contributed by atoms with Crippen molar-refractivity contribution in [3.8, 4) is 11.5 Å². The van der Waals surface area contributed by atoms with Crippen LogP contribution in [0.4, 0.5) is 8.78 Å². The lowest BCUT2D eigenvalue weighted by molar-refractivity contribution is -0.121. The predicted molar refractivity (Wildman–Crippen MR) is 91.1 cm³/mol. The van der Waals surface area contributed by atoms with E-state index in [1.807, 2.05) is 0 Å². The number of nitrogens with one attached hydrogen (secondary N) is 1. The van der Waals surface area contributed by atoms with Gasteiger partial charge in [-0.2, -0.15) is 0 Å². The van der Waals surface area contributed by atoms with Gasteiger partial charge in [-0.15, -0.1) is 10.2 Å². The van der Waals surface area contributed by atoms with Crippen LogP contribution >= 0.6 is 0 Å². The van der Waals surface area contributed by atoms with Gasteiger partial charge in [0.2, 0.25) is 11.8 Å². The van der Waals surface area contributed by atoms with Crippen LogP contribution in [0.2, 0.25) is 0 Å². The van der Waals surface area contributed by atoms with Gasteiger partial charge in [0, 0.05) is 19.4 Å². The van der Waals surface area contributed by atoms with E-state index >= 15 is 0 Å². The minimum absolute atomic E-state index is 0.0815. The summed E-state index contributed by atoms with van der Waals surface area (Å²) in [5, 5.41) is 10.4. The lowest BCUT2D eigenvalue weighted by Crippen LogP contribution is -2.26. The van der Waals surface area contributed by atoms with Crippen LogP contribution in [-0.4, -0.2) is 22.6 Å². The van der Waals surface area contributed by atoms with Gasteiger partial charge in [0.25, 0.3) is 5.89 Å². The number of amides is 1. The van der Waals surface area contributed by atoms with E-state index in [1.54, 1.807) is 36.4 Å². The third kappa shape index (κ3) is 4.50. The van der Waals surface area contributed by atoms with Crippen LogP contribution in [0.25, 0.3) is 11.5 Å². The van der Waals surface area contributed by atoms with Crippen molar-refractivity contribution in [2.45, 2.75) is 19.3 Å². The third-order valence-electron chi connectivity index (χ3n) is 3.81. The molecule has 0 aliphatic heterocycles. The first kappa shape index (κ1) is 17.7. The summed E-state index contributed by atoms with van der Waals surface area (Å²) in [4.78, 5) is 11.9. The second kappa shape index (κ2) is 8.33. The fourth-order valence-electron chi connectivity index (χ4n) is 2.44. The molecule has 1 amide bonds. The van der Waals surface area contributed by atoms with E-state index in [2.05, 4.69) is 15.5 Å². The van der Waals surface area contributed by atoms with E-state index in [0.717, 1.165) is 0 Å². The number of rotatable bonds is 7. The minimum Gasteiger partial charge on any atom is -0.421 e. The molecular formula is C19H17F2N3O2. The molecule has 26 heavy (non-hydrogen) atoms. The van der Waals surface area contributed by atoms with Crippen molar-refractivity contribution in [2.24, 2.45) is 0 Å². The highest BCUT2D eigenvalue weighted by atomic mass is 19.1. The maximum Gasteiger partial charge on any atom is 0.250 e. The van der Waals surface area contributed by atoms with Gasteiger partial charge >= 0.3 is 0 Å². The highest BCUT2D eigenvalue weighted by Crippen LogP contribution is 2.21. The summed E-state index contributed by atoms with van der Waals surface area (Å²) in [5.41, 5.74) is 0.778. The molecule has 5 nitrogen and oxygen atoms in total. The average molecular weight is 357 g/mol. The Kier molecular flexibility index (Phi) is 5.68. The molecular weight excluding hydrogens is 340 g/mol. The van der Waals surface area contributed by atoms with Crippen LogP contribution in [0.15, 0.2) is 52.9 Å². The molecule has 0 spiro atoms. The lowest BCUT2D eigenvalue weighted by Gasteiger charge is -2.05. The van der Waals surface area contributed by atoms with Crippen LogP contribution in [0.3, 0.4) is 0 Å². The standard InChI is InChI=1S/C19H17F2N3O2/c20-15-7-3-1-5-13(15)11-12-22-17(25)9-10-18-23-24-19(26-18)14-6-2-4-8-16(14)21/h1-8H,9-12H2,(H,22,25). The van der Waals surface area contributed by atoms with E-state index in [9.17, 15) is 13.6 Å². The zero-order valence-electron chi connectivity index (χ0n) is 13.9. The third-order valence-corrected chi connectivity index (χ3v) is 3.81. The van der Waals surface area contributed by atoms with Crippen molar-refractivity contribution in [1.82, 2.24) is 15.5 Å². The van der Waals surface area contributed by atoms with Crippen LogP contribution in [0.1, 0.15) is 17.9 Å². The first-order valence-corrected chi connectivity index (χ1v) is 8.21. The molecule has 0 bridgehead atoms. The largest absolute Gasteiger partial charge is 0.421 e. The Hall–Kier alpha value is -3.09. The molecule has 7 heteroatoms. The molecule has 2 aromatic carbocycles. The Morgan fingerprint density at radius 2 is 1.69 bits per heavy atom. The van der Waals surface area contributed by atoms with Crippen molar-refractivity contribution in [3.63, 3.8) is 0 Å². The quantitative estimate of drug-likeness (QED) is 0.704. The second-order valence-corrected chi connectivity index (χ2v) is 5.67. The van der Waals surface area contributed by atoms with Crippen molar-refractivity contribution in [3.05, 3.63) is 71.6 Å². The van der Waals surface area contributed by atoms with Gasteiger partial charge in [0.15, 0.2) is 0 Å². The van der Waals surface area contributed by atoms with Gasteiger partial charge in [0.1, 0.15) is 11.6 Å². The molecule has 1 heterocycles. The molecule has 3 rings (SSSR count). The van der Waals surface area contributed by atoms with Crippen LogP contribution in [0, 0.1) is 11.6 Å². The lowest BCUT2D eigenvalue weighted by atomic mass is 10.1. The summed E-state index contributed by atoms with van der Waals surface area (Å²) < 4.78 is 32.6. The summed E-state index contributed by atoms with van der Waals surface area (Å²) in [7, 11) is 0. The molecule has 3 aromatic rings. The number of hydrogen-bond donors (Lipinski definition) is 1. The summed E-state index contributed by atoms with van der Waals surface area (Å²) in [6.45, 7) is 0.337. The fraction of sp³-hybridized carbons (Fsp3) is 0.211. The maximum absolute atomic E-state index is 13.7. The monoisotopic (exact) mass is 357 g/mol. The number of aromatic nitrogens is 2. The van der Waals surface area contributed by atoms with Crippen LogP contribution in [-0.2, 0) is 17.6 Å². The molecule has 0 aliphatic carbocycles. The molecule has 134 valence electrons. The molecule has 0 atom stereocenters. The number of carbonyl (C=O) groups excluding carboxylic acids is 1. The number of aryl methyl sites for hydroxylation is 1. The normalized spacial score (nSPS) is 10.7. The highest BCUT2D eigenvalue weighted by molar-refractivity contribution is 5.76. The highest BCUT2D eigenvalue weighted by Gasteiger charge is 2.13. The molecule has 0 saturated heterocycles. The smallest absolute Gasteiger partial charge is 0.250 e. The Labute approximate surface area is 149 Å².